The van der Waals surface area contributed by atoms with E-state index in [0.717, 1.165) is 5.39 Å². The molecule has 0 bridgehead atoms. The van der Waals surface area contributed by atoms with Crippen molar-refractivity contribution >= 4 is 22.4 Å². The summed E-state index contributed by atoms with van der Waals surface area (Å²) >= 11 is 5.86. The van der Waals surface area contributed by atoms with Crippen molar-refractivity contribution in [3.8, 4) is 0 Å². The van der Waals surface area contributed by atoms with Crippen LogP contribution < -0.4 is 5.32 Å². The number of fused-ring (bicyclic) bond motifs is 1. The van der Waals surface area contributed by atoms with Gasteiger partial charge in [0.25, 0.3) is 5.92 Å². The van der Waals surface area contributed by atoms with Crippen LogP contribution in [0.5, 0.6) is 0 Å². The molecule has 3 rings (SSSR count). The first-order valence-corrected chi connectivity index (χ1v) is 6.44. The molecule has 100 valence electrons. The Bertz CT molecular complexity index is 618. The molecule has 19 heavy (non-hydrogen) atoms. The summed E-state index contributed by atoms with van der Waals surface area (Å²) in [7, 11) is 0. The molecule has 0 aromatic carbocycles. The Labute approximate surface area is 114 Å². The molecule has 0 aliphatic carbocycles. The summed E-state index contributed by atoms with van der Waals surface area (Å²) in [6, 6.07) is 3.36. The number of rotatable bonds is 1. The summed E-state index contributed by atoms with van der Waals surface area (Å²) in [5.74, 6) is -3.68. The Morgan fingerprint density at radius 1 is 1.37 bits per heavy atom. The van der Waals surface area contributed by atoms with E-state index in [0.29, 0.717) is 29.2 Å². The molecule has 1 saturated heterocycles. The van der Waals surface area contributed by atoms with Crippen LogP contribution in [0.3, 0.4) is 0 Å². The Hall–Kier alpha value is -1.33. The van der Waals surface area contributed by atoms with Gasteiger partial charge in [-0.15, -0.1) is 0 Å². The molecule has 0 amide bonds. The zero-order chi connectivity index (χ0) is 13.5. The fraction of sp³-hybridized carbons (Fsp3) is 0.385. The predicted octanol–water partition coefficient (Wildman–Crippen LogP) is 3.00. The molecule has 0 saturated carbocycles. The first-order chi connectivity index (χ1) is 9.08. The SMILES string of the molecule is FC1(F)CNCC[C@H]1c1nccc2cnc(Cl)cc12. The third-order valence-corrected chi connectivity index (χ3v) is 3.66. The van der Waals surface area contributed by atoms with Crippen molar-refractivity contribution < 1.29 is 8.78 Å². The molecule has 3 heterocycles. The molecule has 1 fully saturated rings. The van der Waals surface area contributed by atoms with Gasteiger partial charge < -0.3 is 5.32 Å². The largest absolute Gasteiger partial charge is 0.311 e. The summed E-state index contributed by atoms with van der Waals surface area (Å²) in [5.41, 5.74) is 0.410. The third-order valence-electron chi connectivity index (χ3n) is 3.46. The van der Waals surface area contributed by atoms with Crippen molar-refractivity contribution in [2.75, 3.05) is 13.1 Å². The van der Waals surface area contributed by atoms with E-state index in [4.69, 9.17) is 11.6 Å². The number of halogens is 3. The van der Waals surface area contributed by atoms with Gasteiger partial charge in [0, 0.05) is 23.2 Å². The zero-order valence-corrected chi connectivity index (χ0v) is 10.8. The normalized spacial score (nSPS) is 22.6. The van der Waals surface area contributed by atoms with Crippen LogP contribution in [0.15, 0.2) is 24.5 Å². The van der Waals surface area contributed by atoms with Crippen LogP contribution in [0.25, 0.3) is 10.8 Å². The zero-order valence-electron chi connectivity index (χ0n) is 10.0. The summed E-state index contributed by atoms with van der Waals surface area (Å²) < 4.78 is 28.1. The number of hydrogen-bond donors (Lipinski definition) is 1. The Balaban J connectivity index is 2.16. The average molecular weight is 284 g/mol. The lowest BCUT2D eigenvalue weighted by molar-refractivity contribution is -0.0427. The summed E-state index contributed by atoms with van der Waals surface area (Å²) in [6.07, 6.45) is 3.49. The van der Waals surface area contributed by atoms with Crippen molar-refractivity contribution in [1.29, 1.82) is 0 Å². The quantitative estimate of drug-likeness (QED) is 0.818. The molecular formula is C13H12ClF2N3. The number of pyridine rings is 2. The molecule has 3 nitrogen and oxygen atoms in total. The maximum absolute atomic E-state index is 14.0. The van der Waals surface area contributed by atoms with Gasteiger partial charge in [-0.2, -0.15) is 0 Å². The first-order valence-electron chi connectivity index (χ1n) is 6.06. The maximum atomic E-state index is 14.0. The summed E-state index contributed by atoms with van der Waals surface area (Å²) in [6.45, 7) is 0.256. The van der Waals surface area contributed by atoms with E-state index in [9.17, 15) is 8.78 Å². The van der Waals surface area contributed by atoms with E-state index in [2.05, 4.69) is 15.3 Å². The number of aromatic nitrogens is 2. The number of nitrogens with zero attached hydrogens (tertiary/aromatic N) is 2. The highest BCUT2D eigenvalue weighted by Gasteiger charge is 2.43. The van der Waals surface area contributed by atoms with Gasteiger partial charge in [-0.3, -0.25) is 4.98 Å². The van der Waals surface area contributed by atoms with Crippen LogP contribution in [0.1, 0.15) is 18.0 Å². The molecule has 0 radical (unpaired) electrons. The van der Waals surface area contributed by atoms with Crippen molar-refractivity contribution in [3.63, 3.8) is 0 Å². The van der Waals surface area contributed by atoms with Gasteiger partial charge in [0.1, 0.15) is 5.15 Å². The van der Waals surface area contributed by atoms with Crippen LogP contribution in [0.2, 0.25) is 5.15 Å². The second-order valence-electron chi connectivity index (χ2n) is 4.70. The summed E-state index contributed by atoms with van der Waals surface area (Å²) in [4.78, 5) is 8.14. The minimum absolute atomic E-state index is 0.291. The van der Waals surface area contributed by atoms with Crippen molar-refractivity contribution in [3.05, 3.63) is 35.4 Å². The minimum Gasteiger partial charge on any atom is -0.311 e. The van der Waals surface area contributed by atoms with Crippen molar-refractivity contribution in [1.82, 2.24) is 15.3 Å². The van der Waals surface area contributed by atoms with Crippen LogP contribution in [-0.4, -0.2) is 29.0 Å². The van der Waals surface area contributed by atoms with E-state index in [1.165, 1.54) is 0 Å². The topological polar surface area (TPSA) is 37.8 Å². The molecule has 1 atom stereocenters. The molecule has 0 spiro atoms. The second-order valence-corrected chi connectivity index (χ2v) is 5.09. The predicted molar refractivity (Wildman–Crippen MR) is 69.7 cm³/mol. The highest BCUT2D eigenvalue weighted by molar-refractivity contribution is 6.30. The third kappa shape index (κ3) is 2.28. The molecule has 2 aromatic rings. The van der Waals surface area contributed by atoms with E-state index < -0.39 is 11.8 Å². The molecular weight excluding hydrogens is 272 g/mol. The lowest BCUT2D eigenvalue weighted by Crippen LogP contribution is -2.45. The molecule has 6 heteroatoms. The Morgan fingerprint density at radius 2 is 2.21 bits per heavy atom. The van der Waals surface area contributed by atoms with Crippen LogP contribution in [-0.2, 0) is 0 Å². The summed E-state index contributed by atoms with van der Waals surface area (Å²) in [5, 5.41) is 4.45. The first kappa shape index (κ1) is 12.7. The van der Waals surface area contributed by atoms with Gasteiger partial charge in [-0.1, -0.05) is 11.6 Å². The fourth-order valence-corrected chi connectivity index (χ4v) is 2.67. The lowest BCUT2D eigenvalue weighted by atomic mass is 9.88. The second kappa shape index (κ2) is 4.65. The van der Waals surface area contributed by atoms with Crippen molar-refractivity contribution in [2.45, 2.75) is 18.3 Å². The highest BCUT2D eigenvalue weighted by Crippen LogP contribution is 2.39. The molecule has 1 aliphatic heterocycles. The molecule has 1 aliphatic rings. The number of piperidine rings is 1. The van der Waals surface area contributed by atoms with Crippen LogP contribution in [0.4, 0.5) is 8.78 Å². The number of nitrogens with one attached hydrogen (secondary N) is 1. The maximum Gasteiger partial charge on any atom is 0.268 e. The molecule has 1 N–H and O–H groups in total. The number of hydrogen-bond acceptors (Lipinski definition) is 3. The van der Waals surface area contributed by atoms with E-state index in [-0.39, 0.29) is 6.54 Å². The van der Waals surface area contributed by atoms with Crippen LogP contribution >= 0.6 is 11.6 Å². The van der Waals surface area contributed by atoms with E-state index in [1.54, 1.807) is 24.5 Å². The van der Waals surface area contributed by atoms with E-state index >= 15 is 0 Å². The minimum atomic E-state index is -2.80. The average Bonchev–Trinajstić information content (AvgIpc) is 2.38. The van der Waals surface area contributed by atoms with E-state index in [1.807, 2.05) is 0 Å². The van der Waals surface area contributed by atoms with Gasteiger partial charge in [-0.25, -0.2) is 13.8 Å². The fourth-order valence-electron chi connectivity index (χ4n) is 2.51. The van der Waals surface area contributed by atoms with Gasteiger partial charge in [-0.05, 0) is 25.1 Å². The lowest BCUT2D eigenvalue weighted by Gasteiger charge is -2.32. The monoisotopic (exact) mass is 283 g/mol. The Kier molecular flexibility index (Phi) is 3.11. The van der Waals surface area contributed by atoms with Crippen molar-refractivity contribution in [2.24, 2.45) is 0 Å². The van der Waals surface area contributed by atoms with Gasteiger partial charge >= 0.3 is 0 Å². The molecule has 2 aromatic heterocycles. The Morgan fingerprint density at radius 3 is 3.00 bits per heavy atom. The van der Waals surface area contributed by atoms with Crippen LogP contribution in [0, 0.1) is 0 Å². The standard InChI is InChI=1S/C13H12ClF2N3/c14-11-5-9-8(6-19-11)1-4-18-12(9)10-2-3-17-7-13(10,15)16/h1,4-6,10,17H,2-3,7H2/t10-/m0/s1. The van der Waals surface area contributed by atoms with Gasteiger partial charge in [0.05, 0.1) is 18.2 Å². The molecule has 0 unspecified atom stereocenters. The van der Waals surface area contributed by atoms with Gasteiger partial charge in [0.2, 0.25) is 0 Å². The highest BCUT2D eigenvalue weighted by atomic mass is 35.5. The van der Waals surface area contributed by atoms with Gasteiger partial charge in [0.15, 0.2) is 0 Å². The number of alkyl halides is 2. The smallest absolute Gasteiger partial charge is 0.268 e.